The van der Waals surface area contributed by atoms with E-state index in [1.807, 2.05) is 0 Å². The molecule has 0 N–H and O–H groups in total. The first kappa shape index (κ1) is 15.4. The molecule has 0 atom stereocenters. The van der Waals surface area contributed by atoms with Crippen LogP contribution in [0, 0.1) is 0 Å². The molecule has 0 aromatic heterocycles. The molecule has 0 unspecified atom stereocenters. The van der Waals surface area contributed by atoms with Crippen LogP contribution in [-0.4, -0.2) is 45.9 Å². The molecular weight excluding hydrogens is 328 g/mol. The van der Waals surface area contributed by atoms with Crippen LogP contribution < -0.4 is 4.31 Å². The highest BCUT2D eigenvalue weighted by Crippen LogP contribution is 2.27. The molecule has 2 heterocycles. The highest BCUT2D eigenvalue weighted by atomic mass is 32.2. The Balaban J connectivity index is 1.92. The van der Waals surface area contributed by atoms with E-state index in [0.29, 0.717) is 13.1 Å². The van der Waals surface area contributed by atoms with Crippen molar-refractivity contribution in [3.8, 4) is 0 Å². The number of amides is 1. The molecule has 2 fully saturated rings. The van der Waals surface area contributed by atoms with Gasteiger partial charge in [-0.05, 0) is 37.1 Å². The summed E-state index contributed by atoms with van der Waals surface area (Å²) in [6, 6.07) is 5.43. The lowest BCUT2D eigenvalue weighted by atomic mass is 10.3. The van der Waals surface area contributed by atoms with Crippen molar-refractivity contribution in [3.63, 3.8) is 0 Å². The molecule has 0 bridgehead atoms. The Morgan fingerprint density at radius 2 is 1.59 bits per heavy atom. The largest absolute Gasteiger partial charge is 0.273 e. The molecule has 7 nitrogen and oxygen atoms in total. The highest BCUT2D eigenvalue weighted by molar-refractivity contribution is 7.94. The van der Waals surface area contributed by atoms with Crippen molar-refractivity contribution in [2.75, 3.05) is 23.1 Å². The molecule has 22 heavy (non-hydrogen) atoms. The van der Waals surface area contributed by atoms with Gasteiger partial charge in [-0.1, -0.05) is 0 Å². The van der Waals surface area contributed by atoms with E-state index in [-0.39, 0.29) is 22.8 Å². The first-order chi connectivity index (χ1) is 10.3. The molecule has 2 saturated heterocycles. The Kier molecular flexibility index (Phi) is 3.74. The smallest absolute Gasteiger partial charge is 0.243 e. The minimum atomic E-state index is -3.63. The van der Waals surface area contributed by atoms with Gasteiger partial charge in [0, 0.05) is 19.5 Å². The van der Waals surface area contributed by atoms with Crippen LogP contribution in [-0.2, 0) is 24.8 Å². The predicted molar refractivity (Wildman–Crippen MR) is 80.3 cm³/mol. The number of rotatable bonds is 3. The van der Waals surface area contributed by atoms with Crippen LogP contribution in [0.3, 0.4) is 0 Å². The van der Waals surface area contributed by atoms with E-state index < -0.39 is 26.0 Å². The van der Waals surface area contributed by atoms with E-state index in [1.54, 1.807) is 0 Å². The minimum Gasteiger partial charge on any atom is -0.273 e. The molecule has 3 rings (SSSR count). The number of sulfonamides is 2. The van der Waals surface area contributed by atoms with E-state index >= 15 is 0 Å². The maximum atomic E-state index is 12.4. The molecule has 120 valence electrons. The van der Waals surface area contributed by atoms with E-state index in [9.17, 15) is 21.6 Å². The van der Waals surface area contributed by atoms with Gasteiger partial charge in [0.05, 0.1) is 16.3 Å². The summed E-state index contributed by atoms with van der Waals surface area (Å²) in [4.78, 5) is 11.8. The van der Waals surface area contributed by atoms with Crippen LogP contribution in [0.25, 0.3) is 0 Å². The SMILES string of the molecule is O=C1CCS(=O)(=O)N1c1ccc(S(=O)(=O)N2CCCC2)cc1. The average molecular weight is 344 g/mol. The van der Waals surface area contributed by atoms with Crippen LogP contribution in [0.15, 0.2) is 29.2 Å². The van der Waals surface area contributed by atoms with Crippen molar-refractivity contribution in [2.45, 2.75) is 24.2 Å². The van der Waals surface area contributed by atoms with Crippen LogP contribution in [0.5, 0.6) is 0 Å². The molecule has 0 spiro atoms. The van der Waals surface area contributed by atoms with E-state index in [4.69, 9.17) is 0 Å². The first-order valence-corrected chi connectivity index (χ1v) is 10.0. The second-order valence-electron chi connectivity index (χ2n) is 5.33. The van der Waals surface area contributed by atoms with Gasteiger partial charge in [-0.2, -0.15) is 4.31 Å². The van der Waals surface area contributed by atoms with Crippen molar-refractivity contribution >= 4 is 31.6 Å². The Morgan fingerprint density at radius 3 is 2.09 bits per heavy atom. The summed E-state index contributed by atoms with van der Waals surface area (Å²) in [6.07, 6.45) is 1.64. The molecule has 9 heteroatoms. The van der Waals surface area contributed by atoms with Gasteiger partial charge in [0.25, 0.3) is 0 Å². The highest BCUT2D eigenvalue weighted by Gasteiger charge is 2.36. The molecule has 2 aliphatic heterocycles. The quantitative estimate of drug-likeness (QED) is 0.798. The van der Waals surface area contributed by atoms with Crippen molar-refractivity contribution in [1.29, 1.82) is 0 Å². The monoisotopic (exact) mass is 344 g/mol. The summed E-state index contributed by atoms with van der Waals surface area (Å²) in [5.74, 6) is -0.699. The van der Waals surface area contributed by atoms with Crippen LogP contribution in [0.2, 0.25) is 0 Å². The summed E-state index contributed by atoms with van der Waals surface area (Å²) >= 11 is 0. The maximum absolute atomic E-state index is 12.4. The summed E-state index contributed by atoms with van der Waals surface area (Å²) in [6.45, 7) is 1.01. The van der Waals surface area contributed by atoms with Crippen molar-refractivity contribution < 1.29 is 21.6 Å². The standard InChI is InChI=1S/C13H16N2O5S2/c16-13-7-10-21(17,18)15(13)11-3-5-12(6-4-11)22(19,20)14-8-1-2-9-14/h3-6H,1-2,7-10H2. The third-order valence-corrected chi connectivity index (χ3v) is 7.46. The normalized spacial score (nSPS) is 22.4. The van der Waals surface area contributed by atoms with Gasteiger partial charge in [-0.25, -0.2) is 21.1 Å². The van der Waals surface area contributed by atoms with Crippen LogP contribution in [0.1, 0.15) is 19.3 Å². The lowest BCUT2D eigenvalue weighted by molar-refractivity contribution is -0.116. The number of anilines is 1. The summed E-state index contributed by atoms with van der Waals surface area (Å²) < 4.78 is 50.6. The van der Waals surface area contributed by atoms with E-state index in [0.717, 1.165) is 17.1 Å². The topological polar surface area (TPSA) is 91.8 Å². The molecule has 2 aliphatic rings. The summed E-state index contributed by atoms with van der Waals surface area (Å²) in [5.41, 5.74) is 0.183. The van der Waals surface area contributed by atoms with Crippen molar-refractivity contribution in [2.24, 2.45) is 0 Å². The number of benzene rings is 1. The molecular formula is C13H16N2O5S2. The third kappa shape index (κ3) is 2.53. The van der Waals surface area contributed by atoms with Gasteiger partial charge in [0.15, 0.2) is 0 Å². The Morgan fingerprint density at radius 1 is 1.00 bits per heavy atom. The fourth-order valence-corrected chi connectivity index (χ4v) is 5.68. The average Bonchev–Trinajstić information content (AvgIpc) is 3.08. The lowest BCUT2D eigenvalue weighted by Crippen LogP contribution is -2.30. The number of hydrogen-bond acceptors (Lipinski definition) is 5. The number of carbonyl (C=O) groups is 1. The van der Waals surface area contributed by atoms with Crippen LogP contribution in [0.4, 0.5) is 5.69 Å². The molecule has 0 aliphatic carbocycles. The fourth-order valence-electron chi connectivity index (χ4n) is 2.70. The minimum absolute atomic E-state index is 0.0455. The van der Waals surface area contributed by atoms with Gasteiger partial charge in [0.1, 0.15) is 0 Å². The third-order valence-electron chi connectivity index (χ3n) is 3.85. The molecule has 0 radical (unpaired) electrons. The number of carbonyl (C=O) groups excluding carboxylic acids is 1. The van der Waals surface area contributed by atoms with Crippen LogP contribution >= 0.6 is 0 Å². The van der Waals surface area contributed by atoms with Gasteiger partial charge in [-0.15, -0.1) is 0 Å². The molecule has 0 saturated carbocycles. The lowest BCUT2D eigenvalue weighted by Gasteiger charge is -2.18. The Labute approximate surface area is 129 Å². The number of nitrogens with zero attached hydrogens (tertiary/aromatic N) is 2. The zero-order chi connectivity index (χ0) is 16.0. The summed E-state index contributed by atoms with van der Waals surface area (Å²) in [5, 5.41) is 0. The molecule has 1 aromatic rings. The second-order valence-corrected chi connectivity index (χ2v) is 9.20. The van der Waals surface area contributed by atoms with Crippen molar-refractivity contribution in [1.82, 2.24) is 4.31 Å². The van der Waals surface area contributed by atoms with E-state index in [2.05, 4.69) is 0 Å². The zero-order valence-electron chi connectivity index (χ0n) is 11.8. The van der Waals surface area contributed by atoms with Gasteiger partial charge in [-0.3, -0.25) is 4.79 Å². The fraction of sp³-hybridized carbons (Fsp3) is 0.462. The second kappa shape index (κ2) is 5.32. The molecule has 1 aromatic carbocycles. The van der Waals surface area contributed by atoms with Gasteiger partial charge >= 0.3 is 0 Å². The van der Waals surface area contributed by atoms with Gasteiger partial charge in [0.2, 0.25) is 26.0 Å². The van der Waals surface area contributed by atoms with E-state index in [1.165, 1.54) is 28.6 Å². The zero-order valence-corrected chi connectivity index (χ0v) is 13.4. The first-order valence-electron chi connectivity index (χ1n) is 6.98. The van der Waals surface area contributed by atoms with Gasteiger partial charge < -0.3 is 0 Å². The Hall–Kier alpha value is -1.45. The summed E-state index contributed by atoms with van der Waals surface area (Å²) in [7, 11) is -7.17. The Bertz CT molecular complexity index is 793. The van der Waals surface area contributed by atoms with Crippen molar-refractivity contribution in [3.05, 3.63) is 24.3 Å². The molecule has 1 amide bonds. The predicted octanol–water partition coefficient (Wildman–Crippen LogP) is 0.538. The maximum Gasteiger partial charge on any atom is 0.243 e. The number of hydrogen-bond donors (Lipinski definition) is 0.